The average Bonchev–Trinajstić information content (AvgIpc) is 0.922. The van der Waals surface area contributed by atoms with E-state index >= 15 is 9.13 Å². The van der Waals surface area contributed by atoms with Crippen LogP contribution in [0.4, 0.5) is 0 Å². The third kappa shape index (κ3) is 15.2. The Morgan fingerprint density at radius 2 is 0.429 bits per heavy atom. The van der Waals surface area contributed by atoms with Crippen molar-refractivity contribution < 1.29 is 27.2 Å². The smallest absolute Gasteiger partial charge is 0.412 e. The van der Waals surface area contributed by atoms with Crippen LogP contribution in [0.25, 0.3) is 11.1 Å². The second-order valence-electron chi connectivity index (χ2n) is 31.9. The highest BCUT2D eigenvalue weighted by atomic mass is 31.2. The largest absolute Gasteiger partial charge is 0.462 e. The summed E-state index contributed by atoms with van der Waals surface area (Å²) in [6.45, 7) is 61.5. The number of rotatable bonds is 15. The van der Waals surface area contributed by atoms with Gasteiger partial charge in [-0.1, -0.05) is 242 Å². The number of hydrogen-bond acceptors (Lipinski definition) is 6. The van der Waals surface area contributed by atoms with E-state index in [2.05, 4.69) is 242 Å². The van der Waals surface area contributed by atoms with Gasteiger partial charge in [-0.3, -0.25) is 0 Å². The van der Waals surface area contributed by atoms with E-state index in [-0.39, 0.29) is 43.3 Å². The predicted octanol–water partition coefficient (Wildman–Crippen LogP) is 21.9. The van der Waals surface area contributed by atoms with Crippen molar-refractivity contribution in [3.8, 4) is 34.1 Å². The van der Waals surface area contributed by atoms with E-state index in [9.17, 15) is 0 Å². The van der Waals surface area contributed by atoms with Gasteiger partial charge in [0.1, 0.15) is 23.0 Å². The van der Waals surface area contributed by atoms with Crippen LogP contribution in [-0.4, -0.2) is 0 Å². The molecule has 0 N–H and O–H groups in total. The summed E-state index contributed by atoms with van der Waals surface area (Å²) in [5, 5.41) is 0.860. The Bertz CT molecular complexity index is 3020. The summed E-state index contributed by atoms with van der Waals surface area (Å²) in [5.41, 5.74) is 13.0. The molecule has 6 aromatic carbocycles. The highest BCUT2D eigenvalue weighted by Gasteiger charge is 2.40. The van der Waals surface area contributed by atoms with Gasteiger partial charge in [-0.15, -0.1) is 0 Å². The molecule has 0 amide bonds. The maximum atomic E-state index is 16.5. The number of aryl methyl sites for hydroxylation is 4. The maximum Gasteiger partial charge on any atom is 0.462 e. The lowest BCUT2D eigenvalue weighted by molar-refractivity contribution is 0.384. The first kappa shape index (κ1) is 68.1. The number of benzene rings is 6. The molecule has 6 aromatic rings. The second-order valence-corrected chi connectivity index (χ2v) is 35.6. The maximum absolute atomic E-state index is 16.5. The minimum Gasteiger partial charge on any atom is -0.412 e. The predicted molar refractivity (Wildman–Crippen MR) is 362 cm³/mol. The third-order valence-corrected chi connectivity index (χ3v) is 20.0. The second kappa shape index (κ2) is 23.9. The third-order valence-electron chi connectivity index (χ3n) is 16.4. The van der Waals surface area contributed by atoms with E-state index < -0.39 is 15.2 Å². The van der Waals surface area contributed by atoms with E-state index in [1.807, 2.05) is 48.5 Å². The molecule has 0 saturated heterocycles. The zero-order chi connectivity index (χ0) is 63.5. The molecule has 0 spiro atoms. The van der Waals surface area contributed by atoms with Crippen molar-refractivity contribution in [2.24, 2.45) is 0 Å². The molecule has 0 radical (unpaired) electrons. The molecule has 6 nitrogen and oxygen atoms in total. The highest BCUT2D eigenvalue weighted by Crippen LogP contribution is 2.56. The molecule has 0 bridgehead atoms. The van der Waals surface area contributed by atoms with Crippen LogP contribution in [0.2, 0.25) is 0 Å². The Kier molecular flexibility index (Phi) is 19.4. The molecular weight excluding hydrogens is 1070 g/mol. The standard InChI is InChI=1S/C76H108O6P2/c1-29-49-41-61(73(17,18)19)65(45-57(49)69(5,6)7)79-83(77,80-66-46-58(70(8,9)10)50(30-2)42-62(66)74(20,21)22)55-37-33-53(34-38-55)54-35-39-56(40-36-54)84(78,81-67-47-59(71(11,12)13)51(31-3)43-63(67)75(23,24)25)82-68-48-60(72(14,15)16)52(32-4)44-64(68)76(26,27)28/h33-48H,29-32H2,1-28H3. The molecule has 0 heterocycles. The Balaban J connectivity index is 1.58. The summed E-state index contributed by atoms with van der Waals surface area (Å²) in [4.78, 5) is 0. The summed E-state index contributed by atoms with van der Waals surface area (Å²) in [5.74, 6) is 2.21. The molecule has 0 saturated carbocycles. The minimum atomic E-state index is -4.25. The van der Waals surface area contributed by atoms with Crippen LogP contribution >= 0.6 is 15.2 Å². The fourth-order valence-electron chi connectivity index (χ4n) is 11.5. The van der Waals surface area contributed by atoms with Gasteiger partial charge >= 0.3 is 15.2 Å². The fraction of sp³-hybridized carbons (Fsp3) is 0.526. The molecule has 0 unspecified atom stereocenters. The molecule has 6 rings (SSSR count). The van der Waals surface area contributed by atoms with E-state index in [0.717, 1.165) is 81.3 Å². The summed E-state index contributed by atoms with van der Waals surface area (Å²) in [6.07, 6.45) is 3.41. The molecule has 458 valence electrons. The minimum absolute atomic E-state index is 0.207. The molecule has 0 atom stereocenters. The Hall–Kier alpha value is -5.02. The monoisotopic (exact) mass is 1180 g/mol. The Labute approximate surface area is 511 Å². The molecule has 8 heteroatoms. The molecule has 0 fully saturated rings. The van der Waals surface area contributed by atoms with Crippen LogP contribution in [0.15, 0.2) is 97.1 Å². The van der Waals surface area contributed by atoms with Gasteiger partial charge in [0, 0.05) is 22.3 Å². The SMILES string of the molecule is CCc1cc(C(C)(C)C)c(OP(=O)(Oc2cc(C(C)(C)C)c(CC)cc2C(C)(C)C)c2ccc(-c3ccc(P(=O)(Oc4cc(C(C)(C)C)c(CC)cc4C(C)(C)C)Oc4cc(C(C)(C)C)c(CC)cc4C(C)(C)C)cc3)cc2)cc1C(C)(C)C. The molecule has 0 aliphatic rings. The van der Waals surface area contributed by atoms with Crippen LogP contribution < -0.4 is 28.7 Å². The van der Waals surface area contributed by atoms with Gasteiger partial charge < -0.3 is 18.1 Å². The van der Waals surface area contributed by atoms with E-state index in [4.69, 9.17) is 18.1 Å². The molecular formula is C76H108O6P2. The molecule has 0 aromatic heterocycles. The van der Waals surface area contributed by atoms with Gasteiger partial charge in [0.25, 0.3) is 0 Å². The molecule has 0 aliphatic carbocycles. The van der Waals surface area contributed by atoms with Crippen molar-refractivity contribution in [3.63, 3.8) is 0 Å². The Morgan fingerprint density at radius 3 is 0.571 bits per heavy atom. The first-order valence-corrected chi connectivity index (χ1v) is 34.2. The quantitative estimate of drug-likeness (QED) is 0.0954. The zero-order valence-electron chi connectivity index (χ0n) is 57.4. The average molecular weight is 1180 g/mol. The number of hydrogen-bond donors (Lipinski definition) is 0. The van der Waals surface area contributed by atoms with Crippen LogP contribution in [0.1, 0.15) is 261 Å². The summed E-state index contributed by atoms with van der Waals surface area (Å²) < 4.78 is 61.6. The van der Waals surface area contributed by atoms with Crippen molar-refractivity contribution in [2.45, 2.75) is 263 Å². The van der Waals surface area contributed by atoms with Gasteiger partial charge in [0.05, 0.1) is 10.6 Å². The molecule has 0 aliphatic heterocycles. The van der Waals surface area contributed by atoms with Gasteiger partial charge in [0.15, 0.2) is 0 Å². The van der Waals surface area contributed by atoms with Gasteiger partial charge in [-0.25, -0.2) is 9.13 Å². The first-order valence-electron chi connectivity index (χ1n) is 31.1. The van der Waals surface area contributed by atoms with Gasteiger partial charge in [-0.05, 0) is 173 Å². The van der Waals surface area contributed by atoms with Gasteiger partial charge in [0.2, 0.25) is 0 Å². The fourth-order valence-corrected chi connectivity index (χ4v) is 14.7. The van der Waals surface area contributed by atoms with Gasteiger partial charge in [-0.2, -0.15) is 0 Å². The topological polar surface area (TPSA) is 71.1 Å². The lowest BCUT2D eigenvalue weighted by Crippen LogP contribution is -2.23. The lowest BCUT2D eigenvalue weighted by atomic mass is 9.78. The van der Waals surface area contributed by atoms with Crippen LogP contribution in [0.5, 0.6) is 23.0 Å². The first-order chi connectivity index (χ1) is 38.2. The van der Waals surface area contributed by atoms with Crippen LogP contribution in [0.3, 0.4) is 0 Å². The summed E-state index contributed by atoms with van der Waals surface area (Å²) in [7, 11) is -8.50. The zero-order valence-corrected chi connectivity index (χ0v) is 59.2. The van der Waals surface area contributed by atoms with Crippen LogP contribution in [-0.2, 0) is 78.1 Å². The van der Waals surface area contributed by atoms with E-state index in [0.29, 0.717) is 33.6 Å². The molecule has 84 heavy (non-hydrogen) atoms. The highest BCUT2D eigenvalue weighted by molar-refractivity contribution is 7.63. The summed E-state index contributed by atoms with van der Waals surface area (Å²) in [6, 6.07) is 32.9. The summed E-state index contributed by atoms with van der Waals surface area (Å²) >= 11 is 0. The van der Waals surface area contributed by atoms with Crippen molar-refractivity contribution in [1.29, 1.82) is 0 Å². The van der Waals surface area contributed by atoms with Crippen molar-refractivity contribution in [2.75, 3.05) is 0 Å². The van der Waals surface area contributed by atoms with E-state index in [1.165, 1.54) is 22.3 Å². The normalized spacial score (nSPS) is 13.5. The van der Waals surface area contributed by atoms with Crippen molar-refractivity contribution in [3.05, 3.63) is 164 Å². The lowest BCUT2D eigenvalue weighted by Gasteiger charge is -2.33. The van der Waals surface area contributed by atoms with E-state index in [1.54, 1.807) is 0 Å². The Morgan fingerprint density at radius 1 is 0.262 bits per heavy atom. The van der Waals surface area contributed by atoms with Crippen LogP contribution in [0, 0.1) is 0 Å². The van der Waals surface area contributed by atoms with Crippen molar-refractivity contribution >= 4 is 25.8 Å². The van der Waals surface area contributed by atoms with Crippen molar-refractivity contribution in [1.82, 2.24) is 0 Å².